The minimum atomic E-state index is -0.410. The maximum Gasteiger partial charge on any atom is 0.302 e. The van der Waals surface area contributed by atoms with Crippen molar-refractivity contribution >= 4 is 33.9 Å². The van der Waals surface area contributed by atoms with E-state index in [0.717, 1.165) is 16.6 Å². The Labute approximate surface area is 153 Å². The van der Waals surface area contributed by atoms with E-state index in [1.54, 1.807) is 23.2 Å². The van der Waals surface area contributed by atoms with Crippen LogP contribution in [0.2, 0.25) is 0 Å². The summed E-state index contributed by atoms with van der Waals surface area (Å²) in [6.45, 7) is 0. The van der Waals surface area contributed by atoms with E-state index in [1.807, 2.05) is 54.6 Å². The Morgan fingerprint density at radius 2 is 1.81 bits per heavy atom. The zero-order valence-corrected chi connectivity index (χ0v) is 14.0. The second kappa shape index (κ2) is 6.06. The maximum absolute atomic E-state index is 12.7. The van der Waals surface area contributed by atoms with Gasteiger partial charge in [0, 0.05) is 29.7 Å². The van der Waals surface area contributed by atoms with Crippen molar-refractivity contribution in [2.45, 2.75) is 0 Å². The van der Waals surface area contributed by atoms with Gasteiger partial charge in [-0.3, -0.25) is 19.7 Å². The van der Waals surface area contributed by atoms with Crippen LogP contribution in [0.5, 0.6) is 0 Å². The molecular weight excluding hydrogens is 342 g/mol. The van der Waals surface area contributed by atoms with Crippen LogP contribution < -0.4 is 5.32 Å². The molecule has 3 aromatic heterocycles. The van der Waals surface area contributed by atoms with Gasteiger partial charge in [0.2, 0.25) is 5.82 Å². The van der Waals surface area contributed by atoms with Gasteiger partial charge >= 0.3 is 6.01 Å². The Morgan fingerprint density at radius 1 is 0.926 bits per heavy atom. The van der Waals surface area contributed by atoms with Crippen molar-refractivity contribution < 1.29 is 9.21 Å². The smallest absolute Gasteiger partial charge is 0.302 e. The van der Waals surface area contributed by atoms with E-state index in [-0.39, 0.29) is 11.8 Å². The minimum absolute atomic E-state index is 0.107. The number of aromatic nitrogens is 4. The highest BCUT2D eigenvalue weighted by Gasteiger charge is 2.18. The number of anilines is 1. The molecule has 3 heterocycles. The molecular formula is C20H13N5O2. The molecule has 0 unspecified atom stereocenters. The molecule has 2 aromatic carbocycles. The highest BCUT2D eigenvalue weighted by Crippen LogP contribution is 2.26. The lowest BCUT2D eigenvalue weighted by Gasteiger charge is -2.06. The Bertz CT molecular complexity index is 1270. The molecule has 0 aliphatic heterocycles. The summed E-state index contributed by atoms with van der Waals surface area (Å²) in [7, 11) is 0. The molecule has 0 radical (unpaired) electrons. The molecule has 0 aliphatic rings. The van der Waals surface area contributed by atoms with Crippen LogP contribution in [0, 0.1) is 0 Å². The normalized spacial score (nSPS) is 11.1. The predicted octanol–water partition coefficient (Wildman–Crippen LogP) is 3.81. The van der Waals surface area contributed by atoms with Crippen LogP contribution in [0.25, 0.3) is 27.7 Å². The molecule has 7 nitrogen and oxygen atoms in total. The van der Waals surface area contributed by atoms with Gasteiger partial charge in [0.15, 0.2) is 5.58 Å². The lowest BCUT2D eigenvalue weighted by atomic mass is 10.2. The SMILES string of the molecule is O=C(Nc1nc2c(ccc3cccnc32)o1)c1nccn1-c1ccccc1. The number of hydrogen-bond donors (Lipinski definition) is 1. The van der Waals surface area contributed by atoms with Crippen LogP contribution in [0.3, 0.4) is 0 Å². The second-order valence-corrected chi connectivity index (χ2v) is 5.92. The number of fused-ring (bicyclic) bond motifs is 3. The van der Waals surface area contributed by atoms with Gasteiger partial charge in [-0.25, -0.2) is 4.98 Å². The van der Waals surface area contributed by atoms with Crippen molar-refractivity contribution in [3.63, 3.8) is 0 Å². The van der Waals surface area contributed by atoms with Gasteiger partial charge in [-0.15, -0.1) is 0 Å². The number of nitrogens with zero attached hydrogens (tertiary/aromatic N) is 4. The lowest BCUT2D eigenvalue weighted by molar-refractivity contribution is 0.101. The monoisotopic (exact) mass is 355 g/mol. The number of nitrogens with one attached hydrogen (secondary N) is 1. The Hall–Kier alpha value is -4.00. The summed E-state index contributed by atoms with van der Waals surface area (Å²) in [6, 6.07) is 17.1. The molecule has 1 N–H and O–H groups in total. The maximum atomic E-state index is 12.7. The molecule has 0 saturated heterocycles. The van der Waals surface area contributed by atoms with E-state index >= 15 is 0 Å². The number of carbonyl (C=O) groups excluding carboxylic acids is 1. The molecule has 7 heteroatoms. The number of amides is 1. The summed E-state index contributed by atoms with van der Waals surface area (Å²) in [5, 5.41) is 3.64. The Balaban J connectivity index is 1.50. The molecule has 0 fully saturated rings. The van der Waals surface area contributed by atoms with E-state index in [4.69, 9.17) is 4.42 Å². The highest BCUT2D eigenvalue weighted by atomic mass is 16.4. The van der Waals surface area contributed by atoms with Crippen molar-refractivity contribution in [3.05, 3.63) is 79.0 Å². The standard InChI is InChI=1S/C20H13N5O2/c26-19(18-22-11-12-25(18)14-6-2-1-3-7-14)24-20-23-17-15(27-20)9-8-13-5-4-10-21-16(13)17/h1-12H,(H,23,24,26). The predicted molar refractivity (Wildman–Crippen MR) is 101 cm³/mol. The average Bonchev–Trinajstić information content (AvgIpc) is 3.35. The second-order valence-electron chi connectivity index (χ2n) is 5.92. The van der Waals surface area contributed by atoms with Crippen LogP contribution in [0.15, 0.2) is 77.6 Å². The Morgan fingerprint density at radius 3 is 2.70 bits per heavy atom. The fourth-order valence-electron chi connectivity index (χ4n) is 3.00. The number of pyridine rings is 1. The van der Waals surface area contributed by atoms with Crippen molar-refractivity contribution in [1.82, 2.24) is 19.5 Å². The number of para-hydroxylation sites is 1. The Kier molecular flexibility index (Phi) is 3.43. The van der Waals surface area contributed by atoms with E-state index in [2.05, 4.69) is 20.3 Å². The number of imidazole rings is 1. The van der Waals surface area contributed by atoms with Crippen LogP contribution in [-0.2, 0) is 0 Å². The van der Waals surface area contributed by atoms with E-state index < -0.39 is 5.91 Å². The third kappa shape index (κ3) is 2.62. The van der Waals surface area contributed by atoms with Crippen LogP contribution in [0.1, 0.15) is 10.6 Å². The van der Waals surface area contributed by atoms with Gasteiger partial charge in [0.1, 0.15) is 5.52 Å². The topological polar surface area (TPSA) is 85.8 Å². The molecule has 0 aliphatic carbocycles. The van der Waals surface area contributed by atoms with E-state index in [9.17, 15) is 4.79 Å². The van der Waals surface area contributed by atoms with E-state index in [1.165, 1.54) is 0 Å². The molecule has 0 atom stereocenters. The third-order valence-electron chi connectivity index (χ3n) is 4.23. The summed E-state index contributed by atoms with van der Waals surface area (Å²) < 4.78 is 7.37. The van der Waals surface area contributed by atoms with Crippen molar-refractivity contribution in [2.24, 2.45) is 0 Å². The number of oxazole rings is 1. The zero-order chi connectivity index (χ0) is 18.2. The number of rotatable bonds is 3. The molecule has 0 bridgehead atoms. The van der Waals surface area contributed by atoms with Crippen LogP contribution >= 0.6 is 0 Å². The first-order chi connectivity index (χ1) is 13.3. The summed E-state index contributed by atoms with van der Waals surface area (Å²) in [5.41, 5.74) is 2.73. The molecule has 5 rings (SSSR count). The first-order valence-corrected chi connectivity index (χ1v) is 8.34. The lowest BCUT2D eigenvalue weighted by Crippen LogP contribution is -2.17. The molecule has 0 spiro atoms. The fraction of sp³-hybridized carbons (Fsp3) is 0. The van der Waals surface area contributed by atoms with Gasteiger partial charge in [0.25, 0.3) is 5.91 Å². The molecule has 5 aromatic rings. The fourth-order valence-corrected chi connectivity index (χ4v) is 3.00. The zero-order valence-electron chi connectivity index (χ0n) is 14.0. The highest BCUT2D eigenvalue weighted by molar-refractivity contribution is 6.04. The van der Waals surface area contributed by atoms with Gasteiger partial charge in [-0.1, -0.05) is 24.3 Å². The van der Waals surface area contributed by atoms with Crippen molar-refractivity contribution in [1.29, 1.82) is 0 Å². The summed E-state index contributed by atoms with van der Waals surface area (Å²) in [4.78, 5) is 25.6. The number of benzene rings is 2. The van der Waals surface area contributed by atoms with Gasteiger partial charge in [-0.05, 0) is 30.3 Å². The first kappa shape index (κ1) is 15.3. The van der Waals surface area contributed by atoms with Crippen molar-refractivity contribution in [3.8, 4) is 5.69 Å². The van der Waals surface area contributed by atoms with Gasteiger partial charge in [-0.2, -0.15) is 4.98 Å². The molecule has 27 heavy (non-hydrogen) atoms. The summed E-state index contributed by atoms with van der Waals surface area (Å²) in [5.74, 6) is -0.167. The van der Waals surface area contributed by atoms with Crippen LogP contribution in [-0.4, -0.2) is 25.4 Å². The third-order valence-corrected chi connectivity index (χ3v) is 4.23. The minimum Gasteiger partial charge on any atom is -0.423 e. The quantitative estimate of drug-likeness (QED) is 0.532. The molecule has 1 amide bonds. The summed E-state index contributed by atoms with van der Waals surface area (Å²) in [6.07, 6.45) is 5.00. The largest absolute Gasteiger partial charge is 0.423 e. The number of carbonyl (C=O) groups is 1. The van der Waals surface area contributed by atoms with Crippen molar-refractivity contribution in [2.75, 3.05) is 5.32 Å². The van der Waals surface area contributed by atoms with Gasteiger partial charge in [0.05, 0.1) is 5.52 Å². The number of hydrogen-bond acceptors (Lipinski definition) is 5. The average molecular weight is 355 g/mol. The summed E-state index contributed by atoms with van der Waals surface area (Å²) >= 11 is 0. The molecule has 0 saturated carbocycles. The van der Waals surface area contributed by atoms with Gasteiger partial charge < -0.3 is 4.42 Å². The van der Waals surface area contributed by atoms with E-state index in [0.29, 0.717) is 11.1 Å². The van der Waals surface area contributed by atoms with Crippen LogP contribution in [0.4, 0.5) is 6.01 Å². The molecule has 130 valence electrons. The first-order valence-electron chi connectivity index (χ1n) is 8.34.